The summed E-state index contributed by atoms with van der Waals surface area (Å²) in [7, 11) is 1.50. The summed E-state index contributed by atoms with van der Waals surface area (Å²) in [6, 6.07) is 11.4. The van der Waals surface area contributed by atoms with Gasteiger partial charge in [0.15, 0.2) is 0 Å². The Morgan fingerprint density at radius 1 is 1.29 bits per heavy atom. The number of carbonyl (C=O) groups excluding carboxylic acids is 1. The van der Waals surface area contributed by atoms with Crippen molar-refractivity contribution in [3.63, 3.8) is 0 Å². The van der Waals surface area contributed by atoms with Gasteiger partial charge in [-0.25, -0.2) is 13.6 Å². The molecule has 0 spiro atoms. The lowest BCUT2D eigenvalue weighted by Crippen LogP contribution is -2.32. The van der Waals surface area contributed by atoms with Gasteiger partial charge in [0.25, 0.3) is 5.91 Å². The molecule has 1 aromatic heterocycles. The highest BCUT2D eigenvalue weighted by molar-refractivity contribution is 7.81. The van der Waals surface area contributed by atoms with E-state index in [9.17, 15) is 13.4 Å². The van der Waals surface area contributed by atoms with Crippen molar-refractivity contribution in [3.8, 4) is 0 Å². The topological polar surface area (TPSA) is 74.7 Å². The summed E-state index contributed by atoms with van der Waals surface area (Å²) in [6.45, 7) is 0. The number of amides is 1. The van der Waals surface area contributed by atoms with Gasteiger partial charge in [-0.1, -0.05) is 23.7 Å². The zero-order valence-electron chi connectivity index (χ0n) is 14.3. The maximum Gasteiger partial charge on any atom is 0.272 e. The minimum atomic E-state index is -1.78. The Morgan fingerprint density at radius 2 is 2.07 bits per heavy atom. The molecule has 3 aromatic rings. The van der Waals surface area contributed by atoms with E-state index < -0.39 is 22.9 Å². The number of rotatable bonds is 3. The van der Waals surface area contributed by atoms with Crippen molar-refractivity contribution in [2.45, 2.75) is 0 Å². The Balaban J connectivity index is 1.66. The fourth-order valence-corrected chi connectivity index (χ4v) is 4.43. The molecule has 28 heavy (non-hydrogen) atoms. The number of fused-ring (bicyclic) bond motifs is 1. The molecule has 0 saturated carbocycles. The number of aromatic nitrogens is 1. The van der Waals surface area contributed by atoms with Crippen molar-refractivity contribution in [1.82, 2.24) is 9.29 Å². The third-order valence-electron chi connectivity index (χ3n) is 3.95. The number of hydrogen-bond donors (Lipinski definition) is 1. The van der Waals surface area contributed by atoms with Crippen LogP contribution in [0.15, 0.2) is 58.6 Å². The van der Waals surface area contributed by atoms with E-state index in [1.807, 2.05) is 24.3 Å². The van der Waals surface area contributed by atoms with Gasteiger partial charge in [0.1, 0.15) is 22.2 Å². The molecule has 1 amide bonds. The number of hydrogen-bond acceptors (Lipinski definition) is 4. The Labute approximate surface area is 171 Å². The van der Waals surface area contributed by atoms with Crippen LogP contribution in [0, 0.1) is 5.82 Å². The summed E-state index contributed by atoms with van der Waals surface area (Å²) in [6.07, 6.45) is 1.53. The lowest BCUT2D eigenvalue weighted by molar-refractivity contribution is -0.113. The standard InChI is InChI=1S/C18H12ClFN4O2S2/c1-24-15(17(25)21-10-6-7-12(20)11(19)8-10)9-14(23-28(24)26)18-22-13-4-2-3-5-16(13)27-18/h2-9H,1H3,(H,21,25). The predicted molar refractivity (Wildman–Crippen MR) is 110 cm³/mol. The van der Waals surface area contributed by atoms with Gasteiger partial charge in [0.05, 0.1) is 15.2 Å². The highest BCUT2D eigenvalue weighted by Crippen LogP contribution is 2.26. The van der Waals surface area contributed by atoms with Crippen LogP contribution in [0.25, 0.3) is 10.2 Å². The zero-order chi connectivity index (χ0) is 19.8. The number of halogens is 2. The average Bonchev–Trinajstić information content (AvgIpc) is 3.11. The molecule has 10 heteroatoms. The summed E-state index contributed by atoms with van der Waals surface area (Å²) in [5.41, 5.74) is 1.62. The second-order valence-corrected chi connectivity index (χ2v) is 8.43. The van der Waals surface area contributed by atoms with Crippen LogP contribution < -0.4 is 5.32 Å². The second kappa shape index (κ2) is 7.42. The van der Waals surface area contributed by atoms with Crippen LogP contribution in [0.5, 0.6) is 0 Å². The van der Waals surface area contributed by atoms with Gasteiger partial charge >= 0.3 is 0 Å². The third kappa shape index (κ3) is 3.56. The van der Waals surface area contributed by atoms with E-state index in [4.69, 9.17) is 11.6 Å². The number of benzene rings is 2. The van der Waals surface area contributed by atoms with Crippen LogP contribution in [0.1, 0.15) is 5.01 Å². The van der Waals surface area contributed by atoms with E-state index in [-0.39, 0.29) is 10.7 Å². The number of anilines is 1. The van der Waals surface area contributed by atoms with E-state index >= 15 is 0 Å². The fraction of sp³-hybridized carbons (Fsp3) is 0.0556. The van der Waals surface area contributed by atoms with Gasteiger partial charge in [0, 0.05) is 12.7 Å². The molecule has 1 aliphatic heterocycles. The van der Waals surface area contributed by atoms with Crippen molar-refractivity contribution in [2.24, 2.45) is 4.40 Å². The number of allylic oxidation sites excluding steroid dienone is 1. The van der Waals surface area contributed by atoms with E-state index in [2.05, 4.69) is 14.7 Å². The van der Waals surface area contributed by atoms with Gasteiger partial charge in [-0.05, 0) is 36.4 Å². The lowest BCUT2D eigenvalue weighted by atomic mass is 10.2. The molecule has 6 nitrogen and oxygen atoms in total. The zero-order valence-corrected chi connectivity index (χ0v) is 16.7. The van der Waals surface area contributed by atoms with Gasteiger partial charge in [-0.3, -0.25) is 9.10 Å². The lowest BCUT2D eigenvalue weighted by Gasteiger charge is -2.22. The maximum atomic E-state index is 13.3. The normalized spacial score (nSPS) is 16.7. The fourth-order valence-electron chi connectivity index (χ4n) is 2.54. The largest absolute Gasteiger partial charge is 0.321 e. The van der Waals surface area contributed by atoms with E-state index in [1.54, 1.807) is 0 Å². The maximum absolute atomic E-state index is 13.3. The van der Waals surface area contributed by atoms with Crippen LogP contribution in [0.3, 0.4) is 0 Å². The van der Waals surface area contributed by atoms with Crippen molar-refractivity contribution in [3.05, 3.63) is 70.1 Å². The molecule has 0 saturated heterocycles. The first kappa shape index (κ1) is 18.7. The SMILES string of the molecule is CN1C(C(=O)Nc2ccc(F)c(Cl)c2)=CC(c2nc3ccccc3s2)=NS1=O. The van der Waals surface area contributed by atoms with Crippen molar-refractivity contribution in [1.29, 1.82) is 0 Å². The first-order valence-electron chi connectivity index (χ1n) is 8.01. The van der Waals surface area contributed by atoms with Crippen LogP contribution >= 0.6 is 22.9 Å². The highest BCUT2D eigenvalue weighted by Gasteiger charge is 2.26. The van der Waals surface area contributed by atoms with Crippen molar-refractivity contribution in [2.75, 3.05) is 12.4 Å². The molecule has 0 aliphatic carbocycles. The van der Waals surface area contributed by atoms with E-state index in [1.165, 1.54) is 40.9 Å². The van der Waals surface area contributed by atoms with Gasteiger partial charge < -0.3 is 5.32 Å². The first-order chi connectivity index (χ1) is 13.4. The Kier molecular flexibility index (Phi) is 4.96. The third-order valence-corrected chi connectivity index (χ3v) is 6.31. The average molecular weight is 435 g/mol. The molecule has 2 heterocycles. The molecule has 1 unspecified atom stereocenters. The Bertz CT molecular complexity index is 1160. The summed E-state index contributed by atoms with van der Waals surface area (Å²) < 4.78 is 32.0. The molecule has 0 radical (unpaired) electrons. The van der Waals surface area contributed by atoms with Crippen LogP contribution in [0.2, 0.25) is 5.02 Å². The monoisotopic (exact) mass is 434 g/mol. The second-order valence-electron chi connectivity index (χ2n) is 5.80. The van der Waals surface area contributed by atoms with Gasteiger partial charge in [0.2, 0.25) is 11.2 Å². The molecular weight excluding hydrogens is 423 g/mol. The van der Waals surface area contributed by atoms with Crippen LogP contribution in [0.4, 0.5) is 10.1 Å². The molecule has 4 rings (SSSR count). The molecule has 0 fully saturated rings. The molecule has 1 N–H and O–H groups in total. The van der Waals surface area contributed by atoms with E-state index in [0.717, 1.165) is 16.3 Å². The number of carbonyl (C=O) groups is 1. The molecular formula is C18H12ClFN4O2S2. The van der Waals surface area contributed by atoms with Gasteiger partial charge in [-0.15, -0.1) is 11.3 Å². The predicted octanol–water partition coefficient (Wildman–Crippen LogP) is 3.92. The van der Waals surface area contributed by atoms with Crippen LogP contribution in [-0.2, 0) is 16.0 Å². The summed E-state index contributed by atoms with van der Waals surface area (Å²) in [5, 5.41) is 3.08. The first-order valence-corrected chi connectivity index (χ1v) is 10.3. The Morgan fingerprint density at radius 3 is 2.82 bits per heavy atom. The highest BCUT2D eigenvalue weighted by atomic mass is 35.5. The number of para-hydroxylation sites is 1. The van der Waals surface area contributed by atoms with Gasteiger partial charge in [-0.2, -0.15) is 4.40 Å². The summed E-state index contributed by atoms with van der Waals surface area (Å²) in [4.78, 5) is 17.2. The minimum Gasteiger partial charge on any atom is -0.321 e. The summed E-state index contributed by atoms with van der Waals surface area (Å²) >= 11 is 5.37. The number of likely N-dealkylation sites (N-methyl/N-ethyl adjacent to an activating group) is 1. The van der Waals surface area contributed by atoms with Crippen molar-refractivity contribution < 1.29 is 13.4 Å². The number of nitrogens with zero attached hydrogens (tertiary/aromatic N) is 3. The minimum absolute atomic E-state index is 0.107. The van der Waals surface area contributed by atoms with Crippen molar-refractivity contribution >= 4 is 61.6 Å². The smallest absolute Gasteiger partial charge is 0.272 e. The molecule has 2 aromatic carbocycles. The quantitative estimate of drug-likeness (QED) is 0.678. The molecule has 1 atom stereocenters. The number of nitrogens with one attached hydrogen (secondary N) is 1. The van der Waals surface area contributed by atoms with E-state index in [0.29, 0.717) is 16.4 Å². The molecule has 1 aliphatic rings. The molecule has 142 valence electrons. The van der Waals surface area contributed by atoms with Crippen LogP contribution in [-0.4, -0.2) is 32.2 Å². The summed E-state index contributed by atoms with van der Waals surface area (Å²) in [5.74, 6) is -1.10. The molecule has 0 bridgehead atoms. The Hall–Kier alpha value is -2.62. The number of thiazole rings is 1.